The maximum atomic E-state index is 12.5. The molecule has 2 aromatic heterocycles. The van der Waals surface area contributed by atoms with E-state index in [1.54, 1.807) is 0 Å². The Balaban J connectivity index is 2.03. The molecule has 0 aliphatic carbocycles. The SMILES string of the molecule is O=c1[nH]c2ccccc2nc1-c1[nH]c2ccccc2c1CCO. The monoisotopic (exact) mass is 305 g/mol. The van der Waals surface area contributed by atoms with Gasteiger partial charge in [-0.25, -0.2) is 4.98 Å². The van der Waals surface area contributed by atoms with E-state index in [9.17, 15) is 9.90 Å². The van der Waals surface area contributed by atoms with Crippen molar-refractivity contribution in [3.63, 3.8) is 0 Å². The molecular formula is C18H15N3O2. The van der Waals surface area contributed by atoms with E-state index in [4.69, 9.17) is 0 Å². The topological polar surface area (TPSA) is 81.8 Å². The van der Waals surface area contributed by atoms with Crippen LogP contribution in [0.5, 0.6) is 0 Å². The summed E-state index contributed by atoms with van der Waals surface area (Å²) in [5.74, 6) is 0. The summed E-state index contributed by atoms with van der Waals surface area (Å²) in [5.41, 5.74) is 4.07. The second-order valence-corrected chi connectivity index (χ2v) is 5.43. The molecule has 0 saturated heterocycles. The molecule has 0 radical (unpaired) electrons. The van der Waals surface area contributed by atoms with E-state index in [1.807, 2.05) is 48.5 Å². The summed E-state index contributed by atoms with van der Waals surface area (Å²) >= 11 is 0. The van der Waals surface area contributed by atoms with Crippen molar-refractivity contribution in [3.05, 3.63) is 64.4 Å². The van der Waals surface area contributed by atoms with Gasteiger partial charge in [-0.05, 0) is 30.2 Å². The number of aliphatic hydroxyl groups is 1. The van der Waals surface area contributed by atoms with Crippen molar-refractivity contribution in [2.75, 3.05) is 6.61 Å². The van der Waals surface area contributed by atoms with Crippen molar-refractivity contribution >= 4 is 21.9 Å². The van der Waals surface area contributed by atoms with Crippen LogP contribution in [0.15, 0.2) is 53.3 Å². The third-order valence-corrected chi connectivity index (χ3v) is 4.01. The molecule has 0 aliphatic heterocycles. The van der Waals surface area contributed by atoms with Gasteiger partial charge in [-0.1, -0.05) is 30.3 Å². The first-order valence-electron chi connectivity index (χ1n) is 7.48. The van der Waals surface area contributed by atoms with Gasteiger partial charge in [-0.2, -0.15) is 0 Å². The number of aromatic nitrogens is 3. The van der Waals surface area contributed by atoms with Crippen LogP contribution in [0, 0.1) is 0 Å². The molecule has 0 bridgehead atoms. The zero-order valence-electron chi connectivity index (χ0n) is 12.3. The average Bonchev–Trinajstić information content (AvgIpc) is 2.93. The average molecular weight is 305 g/mol. The highest BCUT2D eigenvalue weighted by molar-refractivity contribution is 5.90. The molecule has 0 fully saturated rings. The number of benzene rings is 2. The fourth-order valence-electron chi connectivity index (χ4n) is 2.97. The Hall–Kier alpha value is -2.92. The number of nitrogens with zero attached hydrogens (tertiary/aromatic N) is 1. The van der Waals surface area contributed by atoms with Crippen LogP contribution in [0.4, 0.5) is 0 Å². The Labute approximate surface area is 131 Å². The van der Waals surface area contributed by atoms with E-state index in [-0.39, 0.29) is 12.2 Å². The number of hydrogen-bond donors (Lipinski definition) is 3. The Bertz CT molecular complexity index is 1060. The number of aromatic amines is 2. The lowest BCUT2D eigenvalue weighted by atomic mass is 10.1. The van der Waals surface area contributed by atoms with Crippen molar-refractivity contribution in [1.29, 1.82) is 0 Å². The first-order chi connectivity index (χ1) is 11.3. The number of hydrogen-bond acceptors (Lipinski definition) is 3. The van der Waals surface area contributed by atoms with Crippen LogP contribution in [0.3, 0.4) is 0 Å². The fraction of sp³-hybridized carbons (Fsp3) is 0.111. The van der Waals surface area contributed by atoms with E-state index in [2.05, 4.69) is 15.0 Å². The fourth-order valence-corrected chi connectivity index (χ4v) is 2.97. The lowest BCUT2D eigenvalue weighted by Crippen LogP contribution is -2.12. The summed E-state index contributed by atoms with van der Waals surface area (Å²) in [6.45, 7) is 0.0142. The first kappa shape index (κ1) is 13.7. The highest BCUT2D eigenvalue weighted by Crippen LogP contribution is 2.28. The number of H-pyrrole nitrogens is 2. The second kappa shape index (κ2) is 5.37. The van der Waals surface area contributed by atoms with Crippen molar-refractivity contribution in [2.24, 2.45) is 0 Å². The molecule has 0 spiro atoms. The Morgan fingerprint density at radius 2 is 1.70 bits per heavy atom. The Kier molecular flexibility index (Phi) is 3.20. The molecule has 114 valence electrons. The van der Waals surface area contributed by atoms with Gasteiger partial charge < -0.3 is 15.1 Å². The van der Waals surface area contributed by atoms with Gasteiger partial charge in [0.05, 0.1) is 16.7 Å². The van der Waals surface area contributed by atoms with Gasteiger partial charge in [0.2, 0.25) is 0 Å². The van der Waals surface area contributed by atoms with Crippen LogP contribution in [0.25, 0.3) is 33.3 Å². The summed E-state index contributed by atoms with van der Waals surface area (Å²) in [6.07, 6.45) is 0.466. The summed E-state index contributed by atoms with van der Waals surface area (Å²) in [7, 11) is 0. The molecule has 5 heteroatoms. The van der Waals surface area contributed by atoms with E-state index in [0.717, 1.165) is 22.0 Å². The van der Waals surface area contributed by atoms with Crippen molar-refractivity contribution in [2.45, 2.75) is 6.42 Å². The lowest BCUT2D eigenvalue weighted by molar-refractivity contribution is 0.300. The Morgan fingerprint density at radius 1 is 0.957 bits per heavy atom. The largest absolute Gasteiger partial charge is 0.396 e. The molecule has 0 aliphatic rings. The first-order valence-corrected chi connectivity index (χ1v) is 7.48. The quantitative estimate of drug-likeness (QED) is 0.544. The molecule has 0 saturated carbocycles. The minimum absolute atomic E-state index is 0.0142. The smallest absolute Gasteiger partial charge is 0.276 e. The van der Waals surface area contributed by atoms with Gasteiger partial charge in [0.1, 0.15) is 0 Å². The van der Waals surface area contributed by atoms with E-state index in [1.165, 1.54) is 0 Å². The number of para-hydroxylation sites is 3. The number of aliphatic hydroxyl groups excluding tert-OH is 1. The third-order valence-electron chi connectivity index (χ3n) is 4.01. The molecule has 23 heavy (non-hydrogen) atoms. The molecule has 2 heterocycles. The standard InChI is InChI=1S/C18H15N3O2/c22-10-9-12-11-5-1-2-6-13(11)19-16(12)17-18(23)21-15-8-4-3-7-14(15)20-17/h1-8,19,22H,9-10H2,(H,21,23). The van der Waals surface area contributed by atoms with Gasteiger partial charge in [-0.15, -0.1) is 0 Å². The van der Waals surface area contributed by atoms with Crippen molar-refractivity contribution in [1.82, 2.24) is 15.0 Å². The van der Waals surface area contributed by atoms with E-state index in [0.29, 0.717) is 23.3 Å². The predicted molar refractivity (Wildman–Crippen MR) is 90.4 cm³/mol. The van der Waals surface area contributed by atoms with Crippen molar-refractivity contribution in [3.8, 4) is 11.4 Å². The van der Waals surface area contributed by atoms with Crippen LogP contribution in [-0.2, 0) is 6.42 Å². The minimum atomic E-state index is -0.241. The molecule has 3 N–H and O–H groups in total. The highest BCUT2D eigenvalue weighted by Gasteiger charge is 2.17. The highest BCUT2D eigenvalue weighted by atomic mass is 16.3. The van der Waals surface area contributed by atoms with E-state index < -0.39 is 0 Å². The van der Waals surface area contributed by atoms with Gasteiger partial charge in [0.15, 0.2) is 5.69 Å². The molecule has 2 aromatic carbocycles. The van der Waals surface area contributed by atoms with Crippen LogP contribution in [0.1, 0.15) is 5.56 Å². The summed E-state index contributed by atoms with van der Waals surface area (Å²) in [6, 6.07) is 15.3. The number of nitrogens with one attached hydrogen (secondary N) is 2. The minimum Gasteiger partial charge on any atom is -0.396 e. The molecular weight excluding hydrogens is 290 g/mol. The van der Waals surface area contributed by atoms with Gasteiger partial charge in [-0.3, -0.25) is 4.79 Å². The summed E-state index contributed by atoms with van der Waals surface area (Å²) < 4.78 is 0. The predicted octanol–water partition coefficient (Wildman–Crippen LogP) is 2.61. The summed E-state index contributed by atoms with van der Waals surface area (Å²) in [4.78, 5) is 23.1. The van der Waals surface area contributed by atoms with E-state index >= 15 is 0 Å². The zero-order valence-corrected chi connectivity index (χ0v) is 12.3. The lowest BCUT2D eigenvalue weighted by Gasteiger charge is -2.04. The van der Waals surface area contributed by atoms with Gasteiger partial charge in [0, 0.05) is 17.5 Å². The third kappa shape index (κ3) is 2.22. The molecule has 0 atom stereocenters. The van der Waals surface area contributed by atoms with Crippen LogP contribution in [0.2, 0.25) is 0 Å². The molecule has 4 rings (SSSR count). The molecule has 0 amide bonds. The maximum Gasteiger partial charge on any atom is 0.276 e. The van der Waals surface area contributed by atoms with Crippen LogP contribution in [-0.4, -0.2) is 26.7 Å². The van der Waals surface area contributed by atoms with Crippen molar-refractivity contribution < 1.29 is 5.11 Å². The second-order valence-electron chi connectivity index (χ2n) is 5.43. The Morgan fingerprint density at radius 3 is 2.52 bits per heavy atom. The summed E-state index contributed by atoms with van der Waals surface area (Å²) in [5, 5.41) is 10.4. The molecule has 5 nitrogen and oxygen atoms in total. The number of fused-ring (bicyclic) bond motifs is 2. The van der Waals surface area contributed by atoms with Crippen LogP contribution >= 0.6 is 0 Å². The molecule has 4 aromatic rings. The number of rotatable bonds is 3. The normalized spacial score (nSPS) is 11.3. The van der Waals surface area contributed by atoms with Gasteiger partial charge >= 0.3 is 0 Å². The van der Waals surface area contributed by atoms with Crippen LogP contribution < -0.4 is 5.56 Å². The van der Waals surface area contributed by atoms with Gasteiger partial charge in [0.25, 0.3) is 5.56 Å². The molecule has 0 unspecified atom stereocenters. The maximum absolute atomic E-state index is 12.5. The zero-order chi connectivity index (χ0) is 15.8.